The maximum Gasteiger partial charge on any atom is 0.211 e. The fourth-order valence-electron chi connectivity index (χ4n) is 6.39. The van der Waals surface area contributed by atoms with Crippen LogP contribution in [0.4, 0.5) is 8.78 Å². The normalized spacial score (nSPS) is 22.0. The van der Waals surface area contributed by atoms with Gasteiger partial charge in [-0.1, -0.05) is 0 Å². The zero-order chi connectivity index (χ0) is 25.3. The summed E-state index contributed by atoms with van der Waals surface area (Å²) in [4.78, 5) is 7.08. The summed E-state index contributed by atoms with van der Waals surface area (Å²) < 4.78 is 56.1. The first kappa shape index (κ1) is 25.8. The highest BCUT2D eigenvalue weighted by Gasteiger charge is 2.32. The molecule has 0 saturated carbocycles. The van der Waals surface area contributed by atoms with E-state index in [0.29, 0.717) is 37.5 Å². The van der Waals surface area contributed by atoms with Gasteiger partial charge in [-0.3, -0.25) is 0 Å². The van der Waals surface area contributed by atoms with Gasteiger partial charge in [-0.15, -0.1) is 0 Å². The number of likely N-dealkylation sites (tertiary alicyclic amines) is 1. The van der Waals surface area contributed by atoms with Gasteiger partial charge in [0, 0.05) is 63.5 Å². The van der Waals surface area contributed by atoms with Crippen molar-refractivity contribution in [1.82, 2.24) is 24.1 Å². The minimum absolute atomic E-state index is 0.00259. The van der Waals surface area contributed by atoms with Crippen LogP contribution in [-0.2, 0) is 23.0 Å². The van der Waals surface area contributed by atoms with Gasteiger partial charge in [0.1, 0.15) is 11.6 Å². The maximum atomic E-state index is 14.1. The molecule has 1 atom stereocenters. The van der Waals surface area contributed by atoms with Crippen LogP contribution in [0.3, 0.4) is 0 Å². The predicted molar refractivity (Wildman–Crippen MR) is 135 cm³/mol. The van der Waals surface area contributed by atoms with Gasteiger partial charge < -0.3 is 14.8 Å². The van der Waals surface area contributed by atoms with E-state index in [9.17, 15) is 17.2 Å². The van der Waals surface area contributed by atoms with Gasteiger partial charge in [-0.25, -0.2) is 26.5 Å². The third kappa shape index (κ3) is 5.82. The SMILES string of the molecule is CS(=O)(=O)N1CCC([C@@H](CCN2CCC(n3cnc4c3CCNC4)CC2)c2cc(F)cc(F)c2)CC1. The average molecular weight is 522 g/mol. The van der Waals surface area contributed by atoms with E-state index in [1.807, 2.05) is 6.33 Å². The van der Waals surface area contributed by atoms with Crippen molar-refractivity contribution in [1.29, 1.82) is 0 Å². The van der Waals surface area contributed by atoms with Crippen molar-refractivity contribution in [2.45, 2.75) is 57.0 Å². The van der Waals surface area contributed by atoms with Crippen molar-refractivity contribution in [2.75, 3.05) is 45.5 Å². The highest BCUT2D eigenvalue weighted by molar-refractivity contribution is 7.88. The number of rotatable bonds is 7. The van der Waals surface area contributed by atoms with Gasteiger partial charge >= 0.3 is 0 Å². The first-order valence-electron chi connectivity index (χ1n) is 13.2. The molecule has 3 aliphatic heterocycles. The van der Waals surface area contributed by atoms with Gasteiger partial charge in [0.2, 0.25) is 10.0 Å². The van der Waals surface area contributed by atoms with Crippen LogP contribution < -0.4 is 5.32 Å². The Balaban J connectivity index is 1.22. The average Bonchev–Trinajstić information content (AvgIpc) is 3.28. The molecule has 1 aromatic heterocycles. The van der Waals surface area contributed by atoms with E-state index in [-0.39, 0.29) is 11.8 Å². The van der Waals surface area contributed by atoms with Crippen LogP contribution in [0.1, 0.15) is 61.0 Å². The summed E-state index contributed by atoms with van der Waals surface area (Å²) in [7, 11) is -3.22. The summed E-state index contributed by atoms with van der Waals surface area (Å²) >= 11 is 0. The van der Waals surface area contributed by atoms with Gasteiger partial charge in [-0.2, -0.15) is 0 Å². The van der Waals surface area contributed by atoms with Crippen LogP contribution in [0.15, 0.2) is 24.5 Å². The Bertz CT molecular complexity index is 1130. The molecule has 0 spiro atoms. The Morgan fingerprint density at radius 3 is 2.42 bits per heavy atom. The molecule has 2 aromatic rings. The van der Waals surface area contributed by atoms with Gasteiger partial charge in [0.25, 0.3) is 0 Å². The lowest BCUT2D eigenvalue weighted by Gasteiger charge is -2.38. The summed E-state index contributed by atoms with van der Waals surface area (Å²) in [6.45, 7) is 5.64. The van der Waals surface area contributed by atoms with E-state index in [1.165, 1.54) is 34.1 Å². The van der Waals surface area contributed by atoms with Gasteiger partial charge in [-0.05, 0) is 68.2 Å². The number of fused-ring (bicyclic) bond motifs is 1. The Kier molecular flexibility index (Phi) is 7.76. The van der Waals surface area contributed by atoms with E-state index in [1.54, 1.807) is 0 Å². The van der Waals surface area contributed by atoms with Crippen molar-refractivity contribution in [3.05, 3.63) is 53.1 Å². The molecule has 2 saturated heterocycles. The van der Waals surface area contributed by atoms with Crippen molar-refractivity contribution < 1.29 is 17.2 Å². The fourth-order valence-corrected chi connectivity index (χ4v) is 7.26. The highest BCUT2D eigenvalue weighted by atomic mass is 32.2. The largest absolute Gasteiger partial charge is 0.331 e. The van der Waals surface area contributed by atoms with Gasteiger partial charge in [0.15, 0.2) is 0 Å². The van der Waals surface area contributed by atoms with E-state index >= 15 is 0 Å². The minimum Gasteiger partial charge on any atom is -0.331 e. The smallest absolute Gasteiger partial charge is 0.211 e. The minimum atomic E-state index is -3.22. The molecule has 0 aliphatic carbocycles. The summed E-state index contributed by atoms with van der Waals surface area (Å²) in [5, 5.41) is 3.39. The van der Waals surface area contributed by atoms with E-state index in [2.05, 4.69) is 19.8 Å². The van der Waals surface area contributed by atoms with Crippen LogP contribution in [0.5, 0.6) is 0 Å². The number of aromatic nitrogens is 2. The number of benzene rings is 1. The molecule has 1 N–H and O–H groups in total. The van der Waals surface area contributed by atoms with E-state index in [4.69, 9.17) is 0 Å². The van der Waals surface area contributed by atoms with Crippen LogP contribution in [0.25, 0.3) is 0 Å². The molecule has 1 aromatic carbocycles. The second kappa shape index (κ2) is 10.8. The van der Waals surface area contributed by atoms with Crippen LogP contribution in [0.2, 0.25) is 0 Å². The number of piperidine rings is 2. The molecule has 7 nitrogen and oxygen atoms in total. The number of imidazole rings is 1. The lowest BCUT2D eigenvalue weighted by molar-refractivity contribution is 0.166. The summed E-state index contributed by atoms with van der Waals surface area (Å²) in [6.07, 6.45) is 8.65. The molecule has 36 heavy (non-hydrogen) atoms. The Morgan fingerprint density at radius 1 is 1.06 bits per heavy atom. The van der Waals surface area contributed by atoms with Gasteiger partial charge in [0.05, 0.1) is 18.3 Å². The number of nitrogens with one attached hydrogen (secondary N) is 1. The number of hydrogen-bond acceptors (Lipinski definition) is 5. The number of hydrogen-bond donors (Lipinski definition) is 1. The maximum absolute atomic E-state index is 14.1. The fraction of sp³-hybridized carbons (Fsp3) is 0.654. The molecule has 2 fully saturated rings. The summed E-state index contributed by atoms with van der Waals surface area (Å²) in [5.74, 6) is -0.901. The van der Waals surface area contributed by atoms with Crippen LogP contribution >= 0.6 is 0 Å². The van der Waals surface area contributed by atoms with Crippen LogP contribution in [-0.4, -0.2) is 72.7 Å². The molecular weight excluding hydrogens is 484 g/mol. The van der Waals surface area contributed by atoms with Crippen molar-refractivity contribution in [3.63, 3.8) is 0 Å². The third-order valence-electron chi connectivity index (χ3n) is 8.37. The molecule has 0 unspecified atom stereocenters. The first-order valence-corrected chi connectivity index (χ1v) is 15.0. The summed E-state index contributed by atoms with van der Waals surface area (Å²) in [6, 6.07) is 4.31. The summed E-state index contributed by atoms with van der Waals surface area (Å²) in [5.41, 5.74) is 3.25. The van der Waals surface area contributed by atoms with Crippen molar-refractivity contribution >= 4 is 10.0 Å². The number of sulfonamides is 1. The van der Waals surface area contributed by atoms with Crippen molar-refractivity contribution in [2.24, 2.45) is 5.92 Å². The quantitative estimate of drug-likeness (QED) is 0.606. The molecule has 3 aliphatic rings. The van der Waals surface area contributed by atoms with Crippen LogP contribution in [0, 0.1) is 17.6 Å². The molecule has 4 heterocycles. The standard InChI is InChI=1S/C26H37F2N5O2S/c1-36(34,35)32-12-3-19(4-13-32)24(20-14-21(27)16-22(28)15-20)7-11-31-9-5-23(6-10-31)33-18-30-25-17-29-8-2-26(25)33/h14-16,18-19,23-24,29H,2-13,17H2,1H3/t24-/m1/s1. The molecule has 0 amide bonds. The lowest BCUT2D eigenvalue weighted by atomic mass is 9.78. The second-order valence-electron chi connectivity index (χ2n) is 10.6. The third-order valence-corrected chi connectivity index (χ3v) is 9.67. The molecular formula is C26H37F2N5O2S. The zero-order valence-corrected chi connectivity index (χ0v) is 21.8. The predicted octanol–water partition coefficient (Wildman–Crippen LogP) is 3.29. The first-order chi connectivity index (χ1) is 17.3. The Labute approximate surface area is 212 Å². The lowest BCUT2D eigenvalue weighted by Crippen LogP contribution is -2.40. The van der Waals surface area contributed by atoms with E-state index in [0.717, 1.165) is 64.5 Å². The molecule has 10 heteroatoms. The molecule has 5 rings (SSSR count). The second-order valence-corrected chi connectivity index (χ2v) is 12.6. The molecule has 0 radical (unpaired) electrons. The van der Waals surface area contributed by atoms with Crippen molar-refractivity contribution in [3.8, 4) is 0 Å². The topological polar surface area (TPSA) is 70.5 Å². The number of nitrogens with zero attached hydrogens (tertiary/aromatic N) is 4. The molecule has 0 bridgehead atoms. The highest BCUT2D eigenvalue weighted by Crippen LogP contribution is 2.37. The number of halogens is 2. The Morgan fingerprint density at radius 2 is 1.75 bits per heavy atom. The van der Waals surface area contributed by atoms with E-state index < -0.39 is 21.7 Å². The monoisotopic (exact) mass is 521 g/mol. The molecule has 198 valence electrons. The zero-order valence-electron chi connectivity index (χ0n) is 21.0. The Hall–Kier alpha value is -1.88.